The molecule has 1 aromatic carbocycles. The van der Waals surface area contributed by atoms with E-state index in [4.69, 9.17) is 14.2 Å². The lowest BCUT2D eigenvalue weighted by atomic mass is 10.1. The van der Waals surface area contributed by atoms with Gasteiger partial charge in [-0.25, -0.2) is 9.78 Å². The third kappa shape index (κ3) is 3.20. The first-order valence-electron chi connectivity index (χ1n) is 8.52. The van der Waals surface area contributed by atoms with Crippen LogP contribution in [0.4, 0.5) is 5.82 Å². The van der Waals surface area contributed by atoms with Gasteiger partial charge < -0.3 is 19.1 Å². The molecule has 0 bridgehead atoms. The smallest absolute Gasteiger partial charge is 0.342 e. The first kappa shape index (κ1) is 16.4. The predicted octanol–water partition coefficient (Wildman–Crippen LogP) is 2.45. The molecule has 2 aromatic rings. The summed E-state index contributed by atoms with van der Waals surface area (Å²) < 4.78 is 15.7. The maximum absolute atomic E-state index is 12.5. The number of nitrogens with zero attached hydrogens (tertiary/aromatic N) is 2. The number of hydrogen-bond acceptors (Lipinski definition) is 7. The van der Waals surface area contributed by atoms with Gasteiger partial charge in [0.05, 0.1) is 0 Å². The molecule has 0 atom stereocenters. The third-order valence-electron chi connectivity index (χ3n) is 4.44. The zero-order valence-corrected chi connectivity index (χ0v) is 14.1. The molecule has 0 N–H and O–H groups in total. The summed E-state index contributed by atoms with van der Waals surface area (Å²) in [6.45, 7) is 1.54. The number of Topliss-reactive ketones (excluding diaryl/α,β-unsaturated/α-hetero) is 1. The maximum atomic E-state index is 12.5. The van der Waals surface area contributed by atoms with Crippen molar-refractivity contribution >= 4 is 17.6 Å². The van der Waals surface area contributed by atoms with Crippen LogP contribution in [0.15, 0.2) is 36.5 Å². The van der Waals surface area contributed by atoms with E-state index in [0.29, 0.717) is 28.4 Å². The lowest BCUT2D eigenvalue weighted by molar-refractivity contribution is 0.0475. The van der Waals surface area contributed by atoms with Crippen LogP contribution in [-0.4, -0.2) is 43.2 Å². The van der Waals surface area contributed by atoms with Crippen molar-refractivity contribution in [1.82, 2.24) is 4.98 Å². The van der Waals surface area contributed by atoms with Gasteiger partial charge in [0.1, 0.15) is 11.4 Å². The molecule has 7 heteroatoms. The number of anilines is 1. The van der Waals surface area contributed by atoms with Crippen molar-refractivity contribution in [2.24, 2.45) is 0 Å². The Bertz CT molecular complexity index is 846. The normalized spacial score (nSPS) is 15.2. The van der Waals surface area contributed by atoms with Gasteiger partial charge in [0.15, 0.2) is 23.9 Å². The van der Waals surface area contributed by atoms with Crippen LogP contribution < -0.4 is 14.4 Å². The summed E-state index contributed by atoms with van der Waals surface area (Å²) in [5, 5.41) is 0. The lowest BCUT2D eigenvalue weighted by Gasteiger charge is -2.18. The molecule has 2 aliphatic heterocycles. The van der Waals surface area contributed by atoms with Crippen molar-refractivity contribution in [3.05, 3.63) is 47.7 Å². The highest BCUT2D eigenvalue weighted by Crippen LogP contribution is 2.32. The van der Waals surface area contributed by atoms with E-state index in [2.05, 4.69) is 9.88 Å². The molecule has 0 amide bonds. The number of rotatable bonds is 5. The predicted molar refractivity (Wildman–Crippen MR) is 92.9 cm³/mol. The van der Waals surface area contributed by atoms with Crippen LogP contribution in [0.1, 0.15) is 33.6 Å². The summed E-state index contributed by atoms with van der Waals surface area (Å²) in [4.78, 5) is 31.2. The molecule has 0 spiro atoms. The zero-order valence-electron chi connectivity index (χ0n) is 14.1. The van der Waals surface area contributed by atoms with E-state index in [1.807, 2.05) is 0 Å². The molecule has 1 saturated heterocycles. The molecule has 26 heavy (non-hydrogen) atoms. The summed E-state index contributed by atoms with van der Waals surface area (Å²) >= 11 is 0. The number of fused-ring (bicyclic) bond motifs is 1. The third-order valence-corrected chi connectivity index (χ3v) is 4.44. The Morgan fingerprint density at radius 1 is 1.12 bits per heavy atom. The Balaban J connectivity index is 1.43. The second kappa shape index (κ2) is 7.03. The van der Waals surface area contributed by atoms with Crippen LogP contribution in [0, 0.1) is 0 Å². The van der Waals surface area contributed by atoms with Crippen LogP contribution >= 0.6 is 0 Å². The second-order valence-electron chi connectivity index (χ2n) is 6.14. The van der Waals surface area contributed by atoms with Gasteiger partial charge in [0.25, 0.3) is 0 Å². The van der Waals surface area contributed by atoms with Gasteiger partial charge in [0, 0.05) is 24.8 Å². The molecule has 134 valence electrons. The van der Waals surface area contributed by atoms with Crippen molar-refractivity contribution in [3.63, 3.8) is 0 Å². The topological polar surface area (TPSA) is 78.0 Å². The van der Waals surface area contributed by atoms with Gasteiger partial charge in [-0.2, -0.15) is 0 Å². The molecule has 2 aliphatic rings. The summed E-state index contributed by atoms with van der Waals surface area (Å²) in [6.07, 6.45) is 3.81. The number of esters is 1. The van der Waals surface area contributed by atoms with Crippen LogP contribution in [0.25, 0.3) is 0 Å². The molecule has 0 saturated carbocycles. The minimum absolute atomic E-state index is 0.141. The molecule has 0 aliphatic carbocycles. The molecule has 7 nitrogen and oxygen atoms in total. The summed E-state index contributed by atoms with van der Waals surface area (Å²) in [5.74, 6) is 0.887. The van der Waals surface area contributed by atoms with Crippen LogP contribution in [0.2, 0.25) is 0 Å². The van der Waals surface area contributed by atoms with Crippen LogP contribution in [-0.2, 0) is 4.74 Å². The number of ketones is 1. The largest absolute Gasteiger partial charge is 0.454 e. The zero-order chi connectivity index (χ0) is 17.9. The van der Waals surface area contributed by atoms with Gasteiger partial charge in [-0.1, -0.05) is 0 Å². The van der Waals surface area contributed by atoms with E-state index in [0.717, 1.165) is 25.9 Å². The Morgan fingerprint density at radius 2 is 1.92 bits per heavy atom. The fraction of sp³-hybridized carbons (Fsp3) is 0.316. The van der Waals surface area contributed by atoms with Crippen molar-refractivity contribution in [2.45, 2.75) is 12.8 Å². The van der Waals surface area contributed by atoms with Gasteiger partial charge in [0.2, 0.25) is 6.79 Å². The minimum atomic E-state index is -0.547. The Labute approximate surface area is 150 Å². The number of carbonyl (C=O) groups excluding carboxylic acids is 2. The van der Waals surface area contributed by atoms with Crippen molar-refractivity contribution in [1.29, 1.82) is 0 Å². The Kier molecular flexibility index (Phi) is 4.43. The van der Waals surface area contributed by atoms with Gasteiger partial charge >= 0.3 is 5.97 Å². The first-order valence-corrected chi connectivity index (χ1v) is 8.52. The number of aromatic nitrogens is 1. The highest BCUT2D eigenvalue weighted by Gasteiger charge is 2.22. The van der Waals surface area contributed by atoms with Gasteiger partial charge in [-0.3, -0.25) is 4.79 Å². The van der Waals surface area contributed by atoms with Crippen LogP contribution in [0.3, 0.4) is 0 Å². The summed E-state index contributed by atoms with van der Waals surface area (Å²) in [6, 6.07) is 8.26. The number of benzene rings is 1. The molecule has 3 heterocycles. The quantitative estimate of drug-likeness (QED) is 0.603. The number of ether oxygens (including phenoxy) is 3. The lowest BCUT2D eigenvalue weighted by Crippen LogP contribution is -2.23. The number of hydrogen-bond donors (Lipinski definition) is 0. The molecule has 0 radical (unpaired) electrons. The van der Waals surface area contributed by atoms with E-state index >= 15 is 0 Å². The monoisotopic (exact) mass is 354 g/mol. The number of pyridine rings is 1. The van der Waals surface area contributed by atoms with E-state index in [-0.39, 0.29) is 19.2 Å². The molecule has 4 rings (SSSR count). The molecule has 1 aromatic heterocycles. The first-order chi connectivity index (χ1) is 12.7. The fourth-order valence-electron chi connectivity index (χ4n) is 3.10. The molecular weight excluding hydrogens is 336 g/mol. The Hall–Kier alpha value is -3.09. The standard InChI is InChI=1S/C19H18N2O5/c22-15(13-5-6-16-17(10-13)26-12-25-16)11-24-19(23)14-4-3-7-20-18(14)21-8-1-2-9-21/h3-7,10H,1-2,8-9,11-12H2. The average Bonchev–Trinajstić information content (AvgIpc) is 3.36. The highest BCUT2D eigenvalue weighted by molar-refractivity contribution is 6.01. The fourth-order valence-corrected chi connectivity index (χ4v) is 3.10. The Morgan fingerprint density at radius 3 is 2.77 bits per heavy atom. The van der Waals surface area contributed by atoms with Gasteiger partial charge in [-0.15, -0.1) is 0 Å². The van der Waals surface area contributed by atoms with Crippen molar-refractivity contribution in [2.75, 3.05) is 31.4 Å². The summed E-state index contributed by atoms with van der Waals surface area (Å²) in [7, 11) is 0. The maximum Gasteiger partial charge on any atom is 0.342 e. The van der Waals surface area contributed by atoms with E-state index in [9.17, 15) is 9.59 Å². The molecular formula is C19H18N2O5. The van der Waals surface area contributed by atoms with Crippen molar-refractivity contribution in [3.8, 4) is 11.5 Å². The second-order valence-corrected chi connectivity index (χ2v) is 6.14. The highest BCUT2D eigenvalue weighted by atomic mass is 16.7. The van der Waals surface area contributed by atoms with E-state index < -0.39 is 5.97 Å². The van der Waals surface area contributed by atoms with Crippen molar-refractivity contribution < 1.29 is 23.8 Å². The SMILES string of the molecule is O=C(COC(=O)c1cccnc1N1CCCC1)c1ccc2c(c1)OCO2. The van der Waals surface area contributed by atoms with Gasteiger partial charge in [-0.05, 0) is 43.2 Å². The van der Waals surface area contributed by atoms with E-state index in [1.54, 1.807) is 36.5 Å². The number of carbonyl (C=O) groups is 2. The molecule has 0 unspecified atom stereocenters. The average molecular weight is 354 g/mol. The summed E-state index contributed by atoms with van der Waals surface area (Å²) in [5.41, 5.74) is 0.792. The van der Waals surface area contributed by atoms with Crippen LogP contribution in [0.5, 0.6) is 11.5 Å². The minimum Gasteiger partial charge on any atom is -0.454 e. The van der Waals surface area contributed by atoms with E-state index in [1.165, 1.54) is 0 Å². The molecule has 1 fully saturated rings.